The van der Waals surface area contributed by atoms with Crippen LogP contribution in [0.3, 0.4) is 0 Å². The van der Waals surface area contributed by atoms with Crippen LogP contribution in [-0.4, -0.2) is 80.8 Å². The Morgan fingerprint density at radius 3 is 2.64 bits per heavy atom. The quantitative estimate of drug-likeness (QED) is 0.298. The SMILES string of the molecule is CCOc1cccc2sc(N(CCN(C)C)C(=O)c3ccc(N4CCOCC4)c([N+](=O)[O-])c3)nc12.Cl. The number of nitro benzene ring substituents is 1. The van der Waals surface area contributed by atoms with Crippen LogP contribution in [0.4, 0.5) is 16.5 Å². The first-order valence-corrected chi connectivity index (χ1v) is 12.3. The first-order chi connectivity index (χ1) is 16.9. The largest absolute Gasteiger partial charge is 0.492 e. The number of para-hydroxylation sites is 1. The van der Waals surface area contributed by atoms with Gasteiger partial charge in [0.05, 0.1) is 29.4 Å². The Bertz CT molecular complexity index is 1210. The summed E-state index contributed by atoms with van der Waals surface area (Å²) in [5, 5.41) is 12.4. The van der Waals surface area contributed by atoms with Crippen molar-refractivity contribution in [3.63, 3.8) is 0 Å². The van der Waals surface area contributed by atoms with E-state index in [1.165, 1.54) is 17.4 Å². The van der Waals surface area contributed by atoms with Crippen LogP contribution in [0.2, 0.25) is 0 Å². The lowest BCUT2D eigenvalue weighted by Crippen LogP contribution is -2.37. The predicted octanol–water partition coefficient (Wildman–Crippen LogP) is 4.07. The van der Waals surface area contributed by atoms with Crippen LogP contribution >= 0.6 is 23.7 Å². The number of ether oxygens (including phenoxy) is 2. The maximum atomic E-state index is 13.7. The van der Waals surface area contributed by atoms with E-state index in [1.807, 2.05) is 49.0 Å². The van der Waals surface area contributed by atoms with Crippen molar-refractivity contribution < 1.29 is 19.2 Å². The summed E-state index contributed by atoms with van der Waals surface area (Å²) in [5.74, 6) is 0.332. The van der Waals surface area contributed by atoms with Crippen molar-refractivity contribution >= 4 is 56.4 Å². The van der Waals surface area contributed by atoms with Gasteiger partial charge in [-0.15, -0.1) is 12.4 Å². The van der Waals surface area contributed by atoms with E-state index in [2.05, 4.69) is 0 Å². The molecule has 1 aliphatic rings. The van der Waals surface area contributed by atoms with Gasteiger partial charge < -0.3 is 19.3 Å². The zero-order valence-corrected chi connectivity index (χ0v) is 22.1. The molecule has 3 aromatic rings. The molecule has 1 fully saturated rings. The Labute approximate surface area is 220 Å². The molecule has 4 rings (SSSR count). The van der Waals surface area contributed by atoms with Gasteiger partial charge in [-0.05, 0) is 45.3 Å². The van der Waals surface area contributed by atoms with Crippen molar-refractivity contribution in [2.45, 2.75) is 6.92 Å². The Balaban J connectivity index is 0.00000361. The molecule has 0 unspecified atom stereocenters. The summed E-state index contributed by atoms with van der Waals surface area (Å²) in [6.07, 6.45) is 0. The van der Waals surface area contributed by atoms with Gasteiger partial charge in [-0.25, -0.2) is 4.98 Å². The molecular formula is C24H30ClN5O5S. The summed E-state index contributed by atoms with van der Waals surface area (Å²) in [7, 11) is 3.85. The van der Waals surface area contributed by atoms with E-state index in [0.29, 0.717) is 68.1 Å². The van der Waals surface area contributed by atoms with E-state index >= 15 is 0 Å². The van der Waals surface area contributed by atoms with E-state index in [9.17, 15) is 14.9 Å². The highest BCUT2D eigenvalue weighted by molar-refractivity contribution is 7.22. The van der Waals surface area contributed by atoms with Gasteiger partial charge in [-0.1, -0.05) is 17.4 Å². The second-order valence-electron chi connectivity index (χ2n) is 8.35. The minimum absolute atomic E-state index is 0. The van der Waals surface area contributed by atoms with Gasteiger partial charge in [0.2, 0.25) is 0 Å². The predicted molar refractivity (Wildman–Crippen MR) is 144 cm³/mol. The summed E-state index contributed by atoms with van der Waals surface area (Å²) in [4.78, 5) is 35.4. The Morgan fingerprint density at radius 2 is 1.97 bits per heavy atom. The number of fused-ring (bicyclic) bond motifs is 1. The third kappa shape index (κ3) is 6.04. The number of aromatic nitrogens is 1. The highest BCUT2D eigenvalue weighted by Crippen LogP contribution is 2.36. The number of amides is 1. The molecule has 36 heavy (non-hydrogen) atoms. The number of carbonyl (C=O) groups excluding carboxylic acids is 1. The Hall–Kier alpha value is -2.99. The van der Waals surface area contributed by atoms with Crippen LogP contribution in [-0.2, 0) is 4.74 Å². The smallest absolute Gasteiger partial charge is 0.293 e. The molecule has 0 spiro atoms. The molecule has 10 nitrogen and oxygen atoms in total. The minimum Gasteiger partial charge on any atom is -0.492 e. The third-order valence-corrected chi connectivity index (χ3v) is 6.73. The third-order valence-electron chi connectivity index (χ3n) is 5.69. The first kappa shape index (κ1) is 27.6. The Morgan fingerprint density at radius 1 is 1.22 bits per heavy atom. The van der Waals surface area contributed by atoms with E-state index in [-0.39, 0.29) is 29.6 Å². The highest BCUT2D eigenvalue weighted by Gasteiger charge is 2.27. The lowest BCUT2D eigenvalue weighted by Gasteiger charge is -2.28. The number of anilines is 2. The molecule has 0 atom stereocenters. The molecule has 1 saturated heterocycles. The highest BCUT2D eigenvalue weighted by atomic mass is 35.5. The van der Waals surface area contributed by atoms with Crippen LogP contribution < -0.4 is 14.5 Å². The summed E-state index contributed by atoms with van der Waals surface area (Å²) in [6, 6.07) is 10.4. The number of thiazole rings is 1. The van der Waals surface area contributed by atoms with Crippen molar-refractivity contribution in [1.82, 2.24) is 9.88 Å². The van der Waals surface area contributed by atoms with Gasteiger partial charge in [0.25, 0.3) is 11.6 Å². The van der Waals surface area contributed by atoms with Crippen molar-refractivity contribution in [2.24, 2.45) is 0 Å². The fourth-order valence-electron chi connectivity index (χ4n) is 3.91. The number of hydrogen-bond acceptors (Lipinski definition) is 9. The molecule has 0 saturated carbocycles. The zero-order chi connectivity index (χ0) is 24.9. The van der Waals surface area contributed by atoms with Gasteiger partial charge in [-0.2, -0.15) is 0 Å². The molecule has 2 heterocycles. The molecule has 194 valence electrons. The summed E-state index contributed by atoms with van der Waals surface area (Å²) >= 11 is 1.40. The second-order valence-corrected chi connectivity index (χ2v) is 9.36. The summed E-state index contributed by atoms with van der Waals surface area (Å²) < 4.78 is 12.0. The monoisotopic (exact) mass is 535 g/mol. The van der Waals surface area contributed by atoms with E-state index < -0.39 is 4.92 Å². The molecule has 0 N–H and O–H groups in total. The van der Waals surface area contributed by atoms with Crippen molar-refractivity contribution in [3.05, 3.63) is 52.1 Å². The number of benzene rings is 2. The van der Waals surface area contributed by atoms with Crippen molar-refractivity contribution in [2.75, 3.05) is 69.9 Å². The summed E-state index contributed by atoms with van der Waals surface area (Å²) in [5.41, 5.74) is 1.35. The lowest BCUT2D eigenvalue weighted by molar-refractivity contribution is -0.384. The normalized spacial score (nSPS) is 13.5. The van der Waals surface area contributed by atoms with Gasteiger partial charge in [0, 0.05) is 37.8 Å². The average Bonchev–Trinajstić information content (AvgIpc) is 3.29. The first-order valence-electron chi connectivity index (χ1n) is 11.5. The molecule has 0 radical (unpaired) electrons. The van der Waals surface area contributed by atoms with Crippen LogP contribution in [0.15, 0.2) is 36.4 Å². The fraction of sp³-hybridized carbons (Fsp3) is 0.417. The van der Waals surface area contributed by atoms with Gasteiger partial charge >= 0.3 is 0 Å². The molecule has 1 aromatic heterocycles. The number of carbonyl (C=O) groups is 1. The molecule has 12 heteroatoms. The number of nitrogens with zero attached hydrogens (tertiary/aromatic N) is 5. The van der Waals surface area contributed by atoms with E-state index in [1.54, 1.807) is 17.0 Å². The van der Waals surface area contributed by atoms with Gasteiger partial charge in [-0.3, -0.25) is 19.8 Å². The standard InChI is InChI=1S/C24H29N5O5S.ClH/c1-4-34-20-6-5-7-21-22(20)25-24(35-21)28(11-10-26(2)3)23(30)17-8-9-18(19(16-17)29(31)32)27-12-14-33-15-13-27;/h5-9,16H,4,10-15H2,1-3H3;1H. The van der Waals surface area contributed by atoms with Crippen molar-refractivity contribution in [3.8, 4) is 5.75 Å². The fourth-order valence-corrected chi connectivity index (χ4v) is 4.92. The lowest BCUT2D eigenvalue weighted by atomic mass is 10.1. The van der Waals surface area contributed by atoms with Crippen LogP contribution in [0, 0.1) is 10.1 Å². The van der Waals surface area contributed by atoms with Gasteiger partial charge in [0.15, 0.2) is 5.13 Å². The number of likely N-dealkylation sites (N-methyl/N-ethyl adjacent to an activating group) is 1. The molecule has 2 aromatic carbocycles. The molecular weight excluding hydrogens is 506 g/mol. The van der Waals surface area contributed by atoms with Crippen LogP contribution in [0.25, 0.3) is 10.2 Å². The summed E-state index contributed by atoms with van der Waals surface area (Å²) in [6.45, 7) is 5.56. The Kier molecular flexibility index (Phi) is 9.43. The topological polar surface area (TPSA) is 101 Å². The number of morpholine rings is 1. The van der Waals surface area contributed by atoms with E-state index in [4.69, 9.17) is 14.5 Å². The second kappa shape index (κ2) is 12.3. The van der Waals surface area contributed by atoms with Crippen LogP contribution in [0.5, 0.6) is 5.75 Å². The maximum Gasteiger partial charge on any atom is 0.293 e. The number of hydrogen-bond donors (Lipinski definition) is 0. The zero-order valence-electron chi connectivity index (χ0n) is 20.5. The number of halogens is 1. The average molecular weight is 536 g/mol. The number of rotatable bonds is 9. The van der Waals surface area contributed by atoms with E-state index in [0.717, 1.165) is 4.70 Å². The number of nitro groups is 1. The molecule has 1 amide bonds. The minimum atomic E-state index is -0.433. The van der Waals surface area contributed by atoms with Gasteiger partial charge in [0.1, 0.15) is 17.0 Å². The molecule has 0 bridgehead atoms. The van der Waals surface area contributed by atoms with Crippen LogP contribution in [0.1, 0.15) is 17.3 Å². The van der Waals surface area contributed by atoms with Crippen molar-refractivity contribution in [1.29, 1.82) is 0 Å². The molecule has 0 aliphatic carbocycles. The molecule has 1 aliphatic heterocycles. The maximum absolute atomic E-state index is 13.7.